The number of thioether (sulfide) groups is 1. The van der Waals surface area contributed by atoms with Crippen molar-refractivity contribution >= 4 is 29.6 Å². The van der Waals surface area contributed by atoms with E-state index < -0.39 is 0 Å². The molecule has 3 rings (SSSR count). The summed E-state index contributed by atoms with van der Waals surface area (Å²) in [5.74, 6) is 0.828. The van der Waals surface area contributed by atoms with E-state index in [1.54, 1.807) is 6.21 Å². The Balaban J connectivity index is 1.57. The molecule has 0 unspecified atom stereocenters. The van der Waals surface area contributed by atoms with Crippen molar-refractivity contribution in [3.05, 3.63) is 59.7 Å². The summed E-state index contributed by atoms with van der Waals surface area (Å²) in [4.78, 5) is 14.6. The molecule has 1 N–H and O–H groups in total. The molecule has 0 radical (unpaired) electrons. The van der Waals surface area contributed by atoms with Crippen LogP contribution in [-0.4, -0.2) is 45.7 Å². The summed E-state index contributed by atoms with van der Waals surface area (Å²) < 4.78 is 2.03. The van der Waals surface area contributed by atoms with Crippen molar-refractivity contribution in [2.75, 3.05) is 23.7 Å². The van der Waals surface area contributed by atoms with Crippen LogP contribution in [0, 0.1) is 0 Å². The fraction of sp³-hybridized carbons (Fsp3) is 0.407. The molecule has 0 aliphatic rings. The third-order valence-electron chi connectivity index (χ3n) is 5.80. The second kappa shape index (κ2) is 12.0. The van der Waals surface area contributed by atoms with Crippen LogP contribution < -0.4 is 10.3 Å². The molecule has 7 nitrogen and oxygen atoms in total. The number of benzene rings is 2. The summed E-state index contributed by atoms with van der Waals surface area (Å²) in [7, 11) is 0. The van der Waals surface area contributed by atoms with Gasteiger partial charge in [0.1, 0.15) is 0 Å². The molecular formula is C27H36N6OS. The molecule has 1 heterocycles. The maximum absolute atomic E-state index is 12.3. The molecule has 0 aliphatic heterocycles. The number of hydrogen-bond donors (Lipinski definition) is 1. The number of anilines is 1. The van der Waals surface area contributed by atoms with Gasteiger partial charge in [-0.1, -0.05) is 68.9 Å². The van der Waals surface area contributed by atoms with Crippen molar-refractivity contribution in [2.45, 2.75) is 58.7 Å². The SMILES string of the molecule is CCN(CC)c1ccc(/C=N\NC(=O)CSc2nnc(-c3ccc(C(C)(C)C)cc3)n2CC)cc1. The van der Waals surface area contributed by atoms with Crippen LogP contribution in [0.3, 0.4) is 0 Å². The van der Waals surface area contributed by atoms with Crippen molar-refractivity contribution in [1.29, 1.82) is 0 Å². The summed E-state index contributed by atoms with van der Waals surface area (Å²) in [6.45, 7) is 15.6. The summed E-state index contributed by atoms with van der Waals surface area (Å²) in [6, 6.07) is 16.6. The average Bonchev–Trinajstić information content (AvgIpc) is 3.27. The van der Waals surface area contributed by atoms with Gasteiger partial charge in [0.15, 0.2) is 11.0 Å². The number of nitrogens with zero attached hydrogens (tertiary/aromatic N) is 5. The molecule has 2 aromatic carbocycles. The minimum absolute atomic E-state index is 0.0998. The number of amides is 1. The maximum Gasteiger partial charge on any atom is 0.250 e. The highest BCUT2D eigenvalue weighted by atomic mass is 32.2. The maximum atomic E-state index is 12.3. The van der Waals surface area contributed by atoms with Gasteiger partial charge in [-0.15, -0.1) is 10.2 Å². The molecule has 0 fully saturated rings. The zero-order valence-electron chi connectivity index (χ0n) is 21.6. The molecule has 0 bridgehead atoms. The monoisotopic (exact) mass is 492 g/mol. The van der Waals surface area contributed by atoms with Gasteiger partial charge in [-0.25, -0.2) is 5.43 Å². The van der Waals surface area contributed by atoms with Crippen LogP contribution >= 0.6 is 11.8 Å². The lowest BCUT2D eigenvalue weighted by Gasteiger charge is -2.20. The molecule has 186 valence electrons. The number of hydrazone groups is 1. The van der Waals surface area contributed by atoms with Gasteiger partial charge >= 0.3 is 0 Å². The van der Waals surface area contributed by atoms with Gasteiger partial charge in [0.2, 0.25) is 0 Å². The normalized spacial score (nSPS) is 11.7. The van der Waals surface area contributed by atoms with Crippen molar-refractivity contribution in [2.24, 2.45) is 5.10 Å². The fourth-order valence-electron chi connectivity index (χ4n) is 3.71. The second-order valence-electron chi connectivity index (χ2n) is 9.22. The van der Waals surface area contributed by atoms with Crippen LogP contribution in [0.1, 0.15) is 52.7 Å². The second-order valence-corrected chi connectivity index (χ2v) is 10.2. The smallest absolute Gasteiger partial charge is 0.250 e. The highest BCUT2D eigenvalue weighted by Gasteiger charge is 2.17. The van der Waals surface area contributed by atoms with E-state index in [9.17, 15) is 4.79 Å². The molecule has 8 heteroatoms. The first-order valence-electron chi connectivity index (χ1n) is 12.1. The molecule has 0 atom stereocenters. The van der Waals surface area contributed by atoms with Crippen LogP contribution in [0.25, 0.3) is 11.4 Å². The first-order chi connectivity index (χ1) is 16.8. The Labute approximate surface area is 213 Å². The Morgan fingerprint density at radius 3 is 2.26 bits per heavy atom. The van der Waals surface area contributed by atoms with E-state index in [-0.39, 0.29) is 17.1 Å². The molecule has 0 saturated heterocycles. The number of carbonyl (C=O) groups is 1. The van der Waals surface area contributed by atoms with Gasteiger partial charge in [-0.3, -0.25) is 4.79 Å². The van der Waals surface area contributed by atoms with Gasteiger partial charge < -0.3 is 9.47 Å². The quantitative estimate of drug-likeness (QED) is 0.235. The Morgan fingerprint density at radius 1 is 1.03 bits per heavy atom. The largest absolute Gasteiger partial charge is 0.372 e. The van der Waals surface area contributed by atoms with Crippen molar-refractivity contribution in [3.8, 4) is 11.4 Å². The Bertz CT molecular complexity index is 1130. The molecule has 1 amide bonds. The van der Waals surface area contributed by atoms with Crippen LogP contribution in [0.4, 0.5) is 5.69 Å². The zero-order valence-corrected chi connectivity index (χ0v) is 22.4. The third-order valence-corrected chi connectivity index (χ3v) is 6.77. The lowest BCUT2D eigenvalue weighted by atomic mass is 9.87. The fourth-order valence-corrected chi connectivity index (χ4v) is 4.51. The molecule has 1 aromatic heterocycles. The highest BCUT2D eigenvalue weighted by molar-refractivity contribution is 7.99. The molecule has 35 heavy (non-hydrogen) atoms. The standard InChI is InChI=1S/C27H36N6OS/c1-7-32(8-2)23-16-10-20(11-17-23)18-28-29-24(34)19-35-26-31-30-25(33(26)9-3)21-12-14-22(15-13-21)27(4,5)6/h10-18H,7-9,19H2,1-6H3,(H,29,34)/b28-18-. The molecule has 0 aliphatic carbocycles. The van der Waals surface area contributed by atoms with Crippen LogP contribution in [0.2, 0.25) is 0 Å². The van der Waals surface area contributed by atoms with E-state index >= 15 is 0 Å². The van der Waals surface area contributed by atoms with E-state index in [2.05, 4.69) is 104 Å². The van der Waals surface area contributed by atoms with Crippen LogP contribution in [0.15, 0.2) is 58.8 Å². The first kappa shape index (κ1) is 26.5. The topological polar surface area (TPSA) is 75.4 Å². The summed E-state index contributed by atoms with van der Waals surface area (Å²) in [6.07, 6.45) is 1.66. The number of aromatic nitrogens is 3. The molecule has 0 spiro atoms. The Morgan fingerprint density at radius 2 is 1.69 bits per heavy atom. The van der Waals surface area contributed by atoms with E-state index in [1.165, 1.54) is 23.0 Å². The molecular weight excluding hydrogens is 456 g/mol. The number of hydrogen-bond acceptors (Lipinski definition) is 6. The van der Waals surface area contributed by atoms with Crippen LogP contribution in [-0.2, 0) is 16.8 Å². The number of carbonyl (C=O) groups excluding carboxylic acids is 1. The Hall–Kier alpha value is -3.13. The molecule has 3 aromatic rings. The minimum Gasteiger partial charge on any atom is -0.372 e. The predicted molar refractivity (Wildman–Crippen MR) is 146 cm³/mol. The van der Waals surface area contributed by atoms with Crippen LogP contribution in [0.5, 0.6) is 0 Å². The third kappa shape index (κ3) is 6.94. The molecule has 0 saturated carbocycles. The van der Waals surface area contributed by atoms with Gasteiger partial charge in [0.25, 0.3) is 5.91 Å². The highest BCUT2D eigenvalue weighted by Crippen LogP contribution is 2.27. The first-order valence-corrected chi connectivity index (χ1v) is 13.1. The van der Waals surface area contributed by atoms with E-state index in [0.717, 1.165) is 36.6 Å². The van der Waals surface area contributed by atoms with Gasteiger partial charge in [0.05, 0.1) is 12.0 Å². The lowest BCUT2D eigenvalue weighted by molar-refractivity contribution is -0.118. The summed E-state index contributed by atoms with van der Waals surface area (Å²) >= 11 is 1.36. The van der Waals surface area contributed by atoms with Gasteiger partial charge in [-0.2, -0.15) is 5.10 Å². The summed E-state index contributed by atoms with van der Waals surface area (Å²) in [5.41, 5.74) is 7.10. The Kier molecular flexibility index (Phi) is 9.09. The van der Waals surface area contributed by atoms with Gasteiger partial charge in [0, 0.05) is 30.9 Å². The van der Waals surface area contributed by atoms with Crippen molar-refractivity contribution in [1.82, 2.24) is 20.2 Å². The number of rotatable bonds is 10. The predicted octanol–water partition coefficient (Wildman–Crippen LogP) is 5.35. The van der Waals surface area contributed by atoms with Gasteiger partial charge in [-0.05, 0) is 49.4 Å². The summed E-state index contributed by atoms with van der Waals surface area (Å²) in [5, 5.41) is 13.5. The van der Waals surface area contributed by atoms with E-state index in [4.69, 9.17) is 0 Å². The lowest BCUT2D eigenvalue weighted by Crippen LogP contribution is -2.21. The van der Waals surface area contributed by atoms with E-state index in [0.29, 0.717) is 5.16 Å². The van der Waals surface area contributed by atoms with Crippen molar-refractivity contribution < 1.29 is 4.79 Å². The zero-order chi connectivity index (χ0) is 25.4. The average molecular weight is 493 g/mol. The van der Waals surface area contributed by atoms with Crippen molar-refractivity contribution in [3.63, 3.8) is 0 Å². The number of nitrogens with one attached hydrogen (secondary N) is 1. The minimum atomic E-state index is -0.187. The van der Waals surface area contributed by atoms with E-state index in [1.807, 2.05) is 16.7 Å².